The summed E-state index contributed by atoms with van der Waals surface area (Å²) >= 11 is 5.58. The molecule has 1 atom stereocenters. The second-order valence-corrected chi connectivity index (χ2v) is 7.36. The first-order chi connectivity index (χ1) is 14.0. The van der Waals surface area contributed by atoms with Crippen LogP contribution in [0.25, 0.3) is 17.0 Å². The molecule has 2 heterocycles. The Balaban J connectivity index is 1.81. The van der Waals surface area contributed by atoms with Crippen LogP contribution in [0.4, 0.5) is 4.39 Å². The molecular formula is C22H21FN4OS. The average molecular weight is 409 g/mol. The van der Waals surface area contributed by atoms with Gasteiger partial charge in [0.25, 0.3) is 5.89 Å². The molecule has 0 saturated carbocycles. The first-order valence-corrected chi connectivity index (χ1v) is 9.84. The van der Waals surface area contributed by atoms with Crippen molar-refractivity contribution in [3.05, 3.63) is 77.1 Å². The van der Waals surface area contributed by atoms with Crippen LogP contribution in [0.2, 0.25) is 0 Å². The van der Waals surface area contributed by atoms with E-state index in [1.165, 1.54) is 17.7 Å². The standard InChI is InChI=1S/C22H21FN4OS/c1-4-27-14(3)18(19(24-22(27)29)15-10-8-13(2)9-11-15)21-25-20(26-28-21)16-6-5-7-17(23)12-16/h5-12,19H,4H2,1-3H3,(H,24,29). The van der Waals surface area contributed by atoms with E-state index in [4.69, 9.17) is 16.7 Å². The fourth-order valence-electron chi connectivity index (χ4n) is 3.53. The predicted molar refractivity (Wildman–Crippen MR) is 114 cm³/mol. The number of aryl methyl sites for hydroxylation is 1. The first-order valence-electron chi connectivity index (χ1n) is 9.43. The van der Waals surface area contributed by atoms with Crippen LogP contribution in [0.5, 0.6) is 0 Å². The molecule has 0 bridgehead atoms. The lowest BCUT2D eigenvalue weighted by molar-refractivity contribution is 0.398. The molecule has 148 valence electrons. The van der Waals surface area contributed by atoms with Crippen LogP contribution >= 0.6 is 12.2 Å². The molecule has 1 N–H and O–H groups in total. The Morgan fingerprint density at radius 3 is 2.62 bits per heavy atom. The van der Waals surface area contributed by atoms with E-state index < -0.39 is 0 Å². The van der Waals surface area contributed by atoms with Crippen molar-refractivity contribution in [2.75, 3.05) is 6.54 Å². The number of hydrogen-bond acceptors (Lipinski definition) is 4. The van der Waals surface area contributed by atoms with Gasteiger partial charge >= 0.3 is 0 Å². The highest BCUT2D eigenvalue weighted by Gasteiger charge is 2.33. The van der Waals surface area contributed by atoms with E-state index in [2.05, 4.69) is 39.7 Å². The Hall–Kier alpha value is -3.06. The molecule has 0 radical (unpaired) electrons. The van der Waals surface area contributed by atoms with Crippen molar-refractivity contribution in [3.63, 3.8) is 0 Å². The SMILES string of the molecule is CCN1C(=S)NC(c2ccc(C)cc2)C(c2nc(-c3cccc(F)c3)no2)=C1C. The van der Waals surface area contributed by atoms with Gasteiger partial charge in [-0.2, -0.15) is 4.98 Å². The maximum Gasteiger partial charge on any atom is 0.258 e. The van der Waals surface area contributed by atoms with Gasteiger partial charge in [0.1, 0.15) is 5.82 Å². The van der Waals surface area contributed by atoms with E-state index in [1.54, 1.807) is 12.1 Å². The third-order valence-corrected chi connectivity index (χ3v) is 5.40. The molecule has 4 rings (SSSR count). The summed E-state index contributed by atoms with van der Waals surface area (Å²) < 4.78 is 19.2. The average Bonchev–Trinajstić information content (AvgIpc) is 3.18. The third kappa shape index (κ3) is 3.65. The molecule has 3 aromatic rings. The number of aromatic nitrogens is 2. The lowest BCUT2D eigenvalue weighted by Crippen LogP contribution is -2.45. The van der Waals surface area contributed by atoms with Crippen molar-refractivity contribution in [1.29, 1.82) is 0 Å². The molecular weight excluding hydrogens is 387 g/mol. The zero-order chi connectivity index (χ0) is 20.5. The Labute approximate surface area is 174 Å². The van der Waals surface area contributed by atoms with E-state index in [9.17, 15) is 4.39 Å². The second kappa shape index (κ2) is 7.75. The van der Waals surface area contributed by atoms with Crippen molar-refractivity contribution >= 4 is 22.9 Å². The van der Waals surface area contributed by atoms with Crippen molar-refractivity contribution in [2.24, 2.45) is 0 Å². The van der Waals surface area contributed by atoms with Gasteiger partial charge in [0.15, 0.2) is 5.11 Å². The van der Waals surface area contributed by atoms with E-state index in [1.807, 2.05) is 25.7 Å². The zero-order valence-corrected chi connectivity index (χ0v) is 17.3. The molecule has 1 aliphatic rings. The molecule has 5 nitrogen and oxygen atoms in total. The van der Waals surface area contributed by atoms with Gasteiger partial charge < -0.3 is 14.7 Å². The van der Waals surface area contributed by atoms with Gasteiger partial charge in [0.05, 0.1) is 11.6 Å². The minimum atomic E-state index is -0.344. The number of halogens is 1. The molecule has 1 aromatic heterocycles. The van der Waals surface area contributed by atoms with Crippen molar-refractivity contribution in [2.45, 2.75) is 26.8 Å². The van der Waals surface area contributed by atoms with Crippen molar-refractivity contribution < 1.29 is 8.91 Å². The molecule has 0 amide bonds. The van der Waals surface area contributed by atoms with Gasteiger partial charge in [-0.05, 0) is 50.7 Å². The highest BCUT2D eigenvalue weighted by Crippen LogP contribution is 2.37. The van der Waals surface area contributed by atoms with Crippen LogP contribution < -0.4 is 5.32 Å². The normalized spacial score (nSPS) is 16.9. The van der Waals surface area contributed by atoms with Crippen LogP contribution in [0, 0.1) is 12.7 Å². The number of nitrogens with zero attached hydrogens (tertiary/aromatic N) is 3. The third-order valence-electron chi connectivity index (χ3n) is 5.06. The maximum atomic E-state index is 13.6. The molecule has 1 unspecified atom stereocenters. The van der Waals surface area contributed by atoms with Gasteiger partial charge in [-0.3, -0.25) is 0 Å². The molecule has 0 saturated heterocycles. The Bertz CT molecular complexity index is 1090. The van der Waals surface area contributed by atoms with E-state index in [0.29, 0.717) is 28.9 Å². The van der Waals surface area contributed by atoms with Crippen LogP contribution in [0.3, 0.4) is 0 Å². The smallest absolute Gasteiger partial charge is 0.258 e. The zero-order valence-electron chi connectivity index (χ0n) is 16.4. The highest BCUT2D eigenvalue weighted by molar-refractivity contribution is 7.80. The van der Waals surface area contributed by atoms with Gasteiger partial charge in [-0.1, -0.05) is 47.1 Å². The topological polar surface area (TPSA) is 54.2 Å². The summed E-state index contributed by atoms with van der Waals surface area (Å²) in [5, 5.41) is 8.14. The van der Waals surface area contributed by atoms with Gasteiger partial charge in [0.2, 0.25) is 5.82 Å². The highest BCUT2D eigenvalue weighted by atomic mass is 32.1. The van der Waals surface area contributed by atoms with Gasteiger partial charge in [0, 0.05) is 17.8 Å². The minimum Gasteiger partial charge on any atom is -0.351 e. The molecule has 0 fully saturated rings. The Morgan fingerprint density at radius 2 is 1.93 bits per heavy atom. The van der Waals surface area contributed by atoms with E-state index in [-0.39, 0.29) is 11.9 Å². The number of thiocarbonyl (C=S) groups is 1. The molecule has 29 heavy (non-hydrogen) atoms. The van der Waals surface area contributed by atoms with E-state index in [0.717, 1.165) is 16.8 Å². The van der Waals surface area contributed by atoms with Gasteiger partial charge in [-0.25, -0.2) is 4.39 Å². The number of hydrogen-bond donors (Lipinski definition) is 1. The van der Waals surface area contributed by atoms with Gasteiger partial charge in [-0.15, -0.1) is 0 Å². The number of nitrogens with one attached hydrogen (secondary N) is 1. The fraction of sp³-hybridized carbons (Fsp3) is 0.227. The number of allylic oxidation sites excluding steroid dienone is 1. The molecule has 0 spiro atoms. The summed E-state index contributed by atoms with van der Waals surface area (Å²) in [6.45, 7) is 6.80. The predicted octanol–water partition coefficient (Wildman–Crippen LogP) is 4.87. The quantitative estimate of drug-likeness (QED) is 0.622. The molecule has 2 aromatic carbocycles. The largest absolute Gasteiger partial charge is 0.351 e. The lowest BCUT2D eigenvalue weighted by Gasteiger charge is -2.36. The monoisotopic (exact) mass is 408 g/mol. The summed E-state index contributed by atoms with van der Waals surface area (Å²) in [6.07, 6.45) is 0. The molecule has 1 aliphatic heterocycles. The lowest BCUT2D eigenvalue weighted by atomic mass is 9.94. The van der Waals surface area contributed by atoms with Crippen LogP contribution in [0.1, 0.15) is 36.9 Å². The summed E-state index contributed by atoms with van der Waals surface area (Å²) in [5.41, 5.74) is 4.61. The number of benzene rings is 2. The Morgan fingerprint density at radius 1 is 1.17 bits per heavy atom. The van der Waals surface area contributed by atoms with Crippen molar-refractivity contribution in [3.8, 4) is 11.4 Å². The maximum absolute atomic E-state index is 13.6. The fourth-order valence-corrected chi connectivity index (χ4v) is 3.91. The summed E-state index contributed by atoms with van der Waals surface area (Å²) in [7, 11) is 0. The van der Waals surface area contributed by atoms with Crippen LogP contribution in [-0.4, -0.2) is 26.7 Å². The minimum absolute atomic E-state index is 0.216. The summed E-state index contributed by atoms with van der Waals surface area (Å²) in [6, 6.07) is 14.2. The second-order valence-electron chi connectivity index (χ2n) is 6.97. The van der Waals surface area contributed by atoms with Crippen molar-refractivity contribution in [1.82, 2.24) is 20.4 Å². The summed E-state index contributed by atoms with van der Waals surface area (Å²) in [4.78, 5) is 6.57. The van der Waals surface area contributed by atoms with Crippen LogP contribution in [-0.2, 0) is 0 Å². The summed E-state index contributed by atoms with van der Waals surface area (Å²) in [5.74, 6) is 0.392. The first kappa shape index (κ1) is 19.3. The molecule has 7 heteroatoms. The van der Waals surface area contributed by atoms with Crippen LogP contribution in [0.15, 0.2) is 58.8 Å². The van der Waals surface area contributed by atoms with E-state index >= 15 is 0 Å². The Kier molecular flexibility index (Phi) is 5.15. The molecule has 0 aliphatic carbocycles. The number of rotatable bonds is 4.